The van der Waals surface area contributed by atoms with Crippen LogP contribution in [0.25, 0.3) is 0 Å². The standard InChI is InChI=1S/C27H28BrN3O/c28-26-12-8-23(9-13-26)19-29-30-27(32)25-10-6-24(7-11-25)20-31-16-14-22(15-17-31)18-21-4-2-1-3-5-21/h1-13,19,22H,14-18,20H2,(H,30,32)/b29-19-. The molecule has 0 unspecified atom stereocenters. The Bertz CT molecular complexity index is 1020. The second kappa shape index (κ2) is 11.2. The summed E-state index contributed by atoms with van der Waals surface area (Å²) in [6.07, 6.45) is 5.31. The number of rotatable bonds is 7. The summed E-state index contributed by atoms with van der Waals surface area (Å²) in [5.74, 6) is 0.573. The van der Waals surface area contributed by atoms with Crippen molar-refractivity contribution < 1.29 is 4.79 Å². The van der Waals surface area contributed by atoms with Crippen LogP contribution in [-0.4, -0.2) is 30.1 Å². The van der Waals surface area contributed by atoms with E-state index in [2.05, 4.69) is 61.7 Å². The van der Waals surface area contributed by atoms with E-state index < -0.39 is 0 Å². The van der Waals surface area contributed by atoms with E-state index >= 15 is 0 Å². The zero-order valence-electron chi connectivity index (χ0n) is 18.1. The number of likely N-dealkylation sites (tertiary alicyclic amines) is 1. The number of hydrogen-bond acceptors (Lipinski definition) is 3. The van der Waals surface area contributed by atoms with Crippen molar-refractivity contribution in [1.29, 1.82) is 0 Å². The van der Waals surface area contributed by atoms with Crippen molar-refractivity contribution in [3.8, 4) is 0 Å². The predicted octanol–water partition coefficient (Wildman–Crippen LogP) is 5.67. The minimum Gasteiger partial charge on any atom is -0.299 e. The van der Waals surface area contributed by atoms with Crippen LogP contribution in [0.4, 0.5) is 0 Å². The number of halogens is 1. The van der Waals surface area contributed by atoms with E-state index in [1.54, 1.807) is 6.21 Å². The molecule has 3 aromatic carbocycles. The molecule has 164 valence electrons. The second-order valence-electron chi connectivity index (χ2n) is 8.36. The average Bonchev–Trinajstić information content (AvgIpc) is 2.83. The van der Waals surface area contributed by atoms with Crippen molar-refractivity contribution in [2.24, 2.45) is 11.0 Å². The molecule has 1 aliphatic heterocycles. The first-order valence-corrected chi connectivity index (χ1v) is 11.9. The Hall–Kier alpha value is -2.76. The zero-order valence-corrected chi connectivity index (χ0v) is 19.7. The molecule has 1 aliphatic rings. The van der Waals surface area contributed by atoms with Crippen LogP contribution in [0.3, 0.4) is 0 Å². The maximum Gasteiger partial charge on any atom is 0.271 e. The highest BCUT2D eigenvalue weighted by Gasteiger charge is 2.19. The van der Waals surface area contributed by atoms with E-state index in [1.165, 1.54) is 30.4 Å². The minimum absolute atomic E-state index is 0.202. The molecule has 0 saturated carbocycles. The summed E-state index contributed by atoms with van der Waals surface area (Å²) >= 11 is 3.40. The molecule has 0 bridgehead atoms. The summed E-state index contributed by atoms with van der Waals surface area (Å²) in [6, 6.07) is 26.4. The van der Waals surface area contributed by atoms with E-state index in [0.717, 1.165) is 35.6 Å². The van der Waals surface area contributed by atoms with Gasteiger partial charge in [-0.25, -0.2) is 5.43 Å². The van der Waals surface area contributed by atoms with E-state index in [9.17, 15) is 4.79 Å². The first kappa shape index (κ1) is 22.4. The number of nitrogens with zero attached hydrogens (tertiary/aromatic N) is 2. The summed E-state index contributed by atoms with van der Waals surface area (Å²) in [4.78, 5) is 14.8. The van der Waals surface area contributed by atoms with Crippen LogP contribution in [0, 0.1) is 5.92 Å². The molecule has 1 amide bonds. The number of benzene rings is 3. The number of hydrogen-bond donors (Lipinski definition) is 1. The van der Waals surface area contributed by atoms with Gasteiger partial charge in [0, 0.05) is 16.6 Å². The molecular formula is C27H28BrN3O. The third-order valence-electron chi connectivity index (χ3n) is 5.95. The van der Waals surface area contributed by atoms with Crippen molar-refractivity contribution in [3.63, 3.8) is 0 Å². The smallest absolute Gasteiger partial charge is 0.271 e. The van der Waals surface area contributed by atoms with E-state index in [-0.39, 0.29) is 5.91 Å². The topological polar surface area (TPSA) is 44.7 Å². The van der Waals surface area contributed by atoms with Gasteiger partial charge in [-0.2, -0.15) is 5.10 Å². The highest BCUT2D eigenvalue weighted by atomic mass is 79.9. The fourth-order valence-corrected chi connectivity index (χ4v) is 4.36. The van der Waals surface area contributed by atoms with Gasteiger partial charge in [0.2, 0.25) is 0 Å². The van der Waals surface area contributed by atoms with Crippen molar-refractivity contribution in [2.75, 3.05) is 13.1 Å². The van der Waals surface area contributed by atoms with Crippen LogP contribution in [-0.2, 0) is 13.0 Å². The van der Waals surface area contributed by atoms with Gasteiger partial charge >= 0.3 is 0 Å². The van der Waals surface area contributed by atoms with Crippen molar-refractivity contribution in [2.45, 2.75) is 25.8 Å². The third kappa shape index (κ3) is 6.62. The van der Waals surface area contributed by atoms with E-state index in [4.69, 9.17) is 0 Å². The highest BCUT2D eigenvalue weighted by Crippen LogP contribution is 2.23. The molecule has 5 heteroatoms. The molecule has 0 atom stereocenters. The maximum atomic E-state index is 12.3. The summed E-state index contributed by atoms with van der Waals surface area (Å²) in [5, 5.41) is 4.05. The van der Waals surface area contributed by atoms with Crippen LogP contribution in [0.15, 0.2) is 88.4 Å². The lowest BCUT2D eigenvalue weighted by atomic mass is 9.90. The molecule has 4 nitrogen and oxygen atoms in total. The quantitative estimate of drug-likeness (QED) is 0.343. The summed E-state index contributed by atoms with van der Waals surface area (Å²) in [7, 11) is 0. The first-order valence-electron chi connectivity index (χ1n) is 11.1. The fraction of sp³-hybridized carbons (Fsp3) is 0.259. The van der Waals surface area contributed by atoms with Crippen LogP contribution in [0.5, 0.6) is 0 Å². The lowest BCUT2D eigenvalue weighted by molar-refractivity contribution is 0.0955. The molecule has 32 heavy (non-hydrogen) atoms. The molecule has 1 heterocycles. The lowest BCUT2D eigenvalue weighted by Crippen LogP contribution is -2.33. The monoisotopic (exact) mass is 489 g/mol. The van der Waals surface area contributed by atoms with E-state index in [0.29, 0.717) is 5.56 Å². The van der Waals surface area contributed by atoms with Gasteiger partial charge in [0.25, 0.3) is 5.91 Å². The Morgan fingerprint density at radius 2 is 1.62 bits per heavy atom. The number of piperidine rings is 1. The molecule has 0 spiro atoms. The number of nitrogens with one attached hydrogen (secondary N) is 1. The Morgan fingerprint density at radius 1 is 0.938 bits per heavy atom. The third-order valence-corrected chi connectivity index (χ3v) is 6.48. The maximum absolute atomic E-state index is 12.3. The molecule has 4 rings (SSSR count). The van der Waals surface area contributed by atoms with Crippen molar-refractivity contribution >= 4 is 28.1 Å². The molecule has 0 radical (unpaired) electrons. The summed E-state index contributed by atoms with van der Waals surface area (Å²) in [6.45, 7) is 3.19. The average molecular weight is 490 g/mol. The number of amides is 1. The van der Waals surface area contributed by atoms with Gasteiger partial charge in [0.1, 0.15) is 0 Å². The zero-order chi connectivity index (χ0) is 22.2. The molecule has 0 aliphatic carbocycles. The van der Waals surface area contributed by atoms with Crippen molar-refractivity contribution in [1.82, 2.24) is 10.3 Å². The van der Waals surface area contributed by atoms with Gasteiger partial charge in [0.05, 0.1) is 6.21 Å². The SMILES string of the molecule is O=C(N/N=C\c1ccc(Br)cc1)c1ccc(CN2CCC(Cc3ccccc3)CC2)cc1. The fourth-order valence-electron chi connectivity index (χ4n) is 4.09. The minimum atomic E-state index is -0.202. The Balaban J connectivity index is 1.22. The molecule has 0 aromatic heterocycles. The second-order valence-corrected chi connectivity index (χ2v) is 9.27. The first-order chi connectivity index (χ1) is 15.7. The van der Waals surface area contributed by atoms with Crippen LogP contribution in [0.2, 0.25) is 0 Å². The normalized spacial score (nSPS) is 15.2. The van der Waals surface area contributed by atoms with Gasteiger partial charge in [-0.3, -0.25) is 9.69 Å². The molecule has 3 aromatic rings. The van der Waals surface area contributed by atoms with E-state index in [1.807, 2.05) is 48.5 Å². The number of hydrazone groups is 1. The molecule has 1 N–H and O–H groups in total. The van der Waals surface area contributed by atoms with Crippen LogP contribution < -0.4 is 5.43 Å². The summed E-state index contributed by atoms with van der Waals surface area (Å²) in [5.41, 5.74) is 6.82. The van der Waals surface area contributed by atoms with Gasteiger partial charge < -0.3 is 0 Å². The van der Waals surface area contributed by atoms with Crippen LogP contribution in [0.1, 0.15) is 39.9 Å². The van der Waals surface area contributed by atoms with Gasteiger partial charge in [0.15, 0.2) is 0 Å². The van der Waals surface area contributed by atoms with Gasteiger partial charge in [-0.1, -0.05) is 70.5 Å². The number of carbonyl (C=O) groups excluding carboxylic acids is 1. The largest absolute Gasteiger partial charge is 0.299 e. The summed E-state index contributed by atoms with van der Waals surface area (Å²) < 4.78 is 1.01. The Kier molecular flexibility index (Phi) is 7.86. The molecule has 1 fully saturated rings. The van der Waals surface area contributed by atoms with Crippen molar-refractivity contribution in [3.05, 3.63) is 106 Å². The number of carbonyl (C=O) groups is 1. The molecular weight excluding hydrogens is 462 g/mol. The highest BCUT2D eigenvalue weighted by molar-refractivity contribution is 9.10. The Labute approximate surface area is 198 Å². The van der Waals surface area contributed by atoms with Gasteiger partial charge in [-0.15, -0.1) is 0 Å². The molecule has 1 saturated heterocycles. The predicted molar refractivity (Wildman–Crippen MR) is 134 cm³/mol. The van der Waals surface area contributed by atoms with Crippen LogP contribution >= 0.6 is 15.9 Å². The van der Waals surface area contributed by atoms with Gasteiger partial charge in [-0.05, 0) is 79.2 Å². The lowest BCUT2D eigenvalue weighted by Gasteiger charge is -2.32. The Morgan fingerprint density at radius 3 is 2.31 bits per heavy atom.